The third-order valence-corrected chi connectivity index (χ3v) is 2.28. The number of rotatable bonds is 0. The van der Waals surface area contributed by atoms with Crippen LogP contribution in [0.3, 0.4) is 0 Å². The first-order valence-electron chi connectivity index (χ1n) is 6.31. The molecule has 0 spiro atoms. The second kappa shape index (κ2) is 6.74. The fraction of sp³-hybridized carbons (Fsp3) is 0.250. The van der Waals surface area contributed by atoms with Gasteiger partial charge in [0.2, 0.25) is 0 Å². The van der Waals surface area contributed by atoms with Gasteiger partial charge in [-0.3, -0.25) is 0 Å². The lowest BCUT2D eigenvalue weighted by Gasteiger charge is -1.85. The molecular weight excluding hydrogens is 208 g/mol. The van der Waals surface area contributed by atoms with Gasteiger partial charge in [0.25, 0.3) is 0 Å². The van der Waals surface area contributed by atoms with E-state index >= 15 is 0 Å². The van der Waals surface area contributed by atoms with Gasteiger partial charge in [-0.1, -0.05) is 64.1 Å². The largest absolute Gasteiger partial charge is 0.456 e. The van der Waals surface area contributed by atoms with E-state index in [-0.39, 0.29) is 0 Å². The van der Waals surface area contributed by atoms with E-state index in [1.807, 2.05) is 64.1 Å². The lowest BCUT2D eigenvalue weighted by Crippen LogP contribution is -1.62. The molecule has 1 heterocycles. The fourth-order valence-corrected chi connectivity index (χ4v) is 1.67. The molecule has 0 fully saturated rings. The highest BCUT2D eigenvalue weighted by atomic mass is 16.3. The normalized spacial score (nSPS) is 9.18. The van der Waals surface area contributed by atoms with Crippen molar-refractivity contribution in [3.05, 3.63) is 48.5 Å². The second-order valence-corrected chi connectivity index (χ2v) is 3.09. The van der Waals surface area contributed by atoms with Crippen molar-refractivity contribution in [3.8, 4) is 0 Å². The molecular formula is C16H20O. The van der Waals surface area contributed by atoms with E-state index in [1.165, 1.54) is 10.8 Å². The molecule has 0 bridgehead atoms. The van der Waals surface area contributed by atoms with Crippen LogP contribution in [-0.2, 0) is 0 Å². The summed E-state index contributed by atoms with van der Waals surface area (Å²) in [6.07, 6.45) is 0. The summed E-state index contributed by atoms with van der Waals surface area (Å²) in [7, 11) is 0. The number of benzene rings is 2. The highest BCUT2D eigenvalue weighted by molar-refractivity contribution is 6.04. The van der Waals surface area contributed by atoms with Crippen molar-refractivity contribution < 1.29 is 4.42 Å². The van der Waals surface area contributed by atoms with Gasteiger partial charge in [0, 0.05) is 10.8 Å². The summed E-state index contributed by atoms with van der Waals surface area (Å²) < 4.78 is 5.65. The molecule has 0 aliphatic rings. The zero-order chi connectivity index (χ0) is 12.7. The predicted molar refractivity (Wildman–Crippen MR) is 76.4 cm³/mol. The van der Waals surface area contributed by atoms with Crippen molar-refractivity contribution in [2.45, 2.75) is 27.7 Å². The van der Waals surface area contributed by atoms with Crippen LogP contribution in [0.5, 0.6) is 0 Å². The predicted octanol–water partition coefficient (Wildman–Crippen LogP) is 5.64. The molecule has 0 atom stereocenters. The van der Waals surface area contributed by atoms with Crippen molar-refractivity contribution in [1.29, 1.82) is 0 Å². The highest BCUT2D eigenvalue weighted by Gasteiger charge is 2.03. The Balaban J connectivity index is 0.000000330. The molecule has 17 heavy (non-hydrogen) atoms. The standard InChI is InChI=1S/C12H8O.2C2H6/c1-3-7-11-9(5-1)10-6-2-4-8-12(10)13-11;2*1-2/h1-8H;2*1-2H3. The molecule has 90 valence electrons. The molecule has 0 aliphatic carbocycles. The number of fused-ring (bicyclic) bond motifs is 3. The summed E-state index contributed by atoms with van der Waals surface area (Å²) in [5, 5.41) is 2.39. The molecule has 0 unspecified atom stereocenters. The Morgan fingerprint density at radius 2 is 0.941 bits per heavy atom. The summed E-state index contributed by atoms with van der Waals surface area (Å²) in [6, 6.07) is 16.2. The summed E-state index contributed by atoms with van der Waals surface area (Å²) in [6.45, 7) is 8.00. The number of para-hydroxylation sites is 2. The first-order chi connectivity index (χ1) is 8.45. The molecule has 3 rings (SSSR count). The monoisotopic (exact) mass is 228 g/mol. The van der Waals surface area contributed by atoms with Gasteiger partial charge >= 0.3 is 0 Å². The lowest BCUT2D eigenvalue weighted by atomic mass is 10.2. The van der Waals surface area contributed by atoms with Crippen LogP contribution in [0, 0.1) is 0 Å². The first-order valence-corrected chi connectivity index (χ1v) is 6.31. The van der Waals surface area contributed by atoms with Crippen LogP contribution < -0.4 is 0 Å². The molecule has 0 amide bonds. The second-order valence-electron chi connectivity index (χ2n) is 3.09. The Morgan fingerprint density at radius 3 is 1.35 bits per heavy atom. The molecule has 0 N–H and O–H groups in total. The Labute approximate surface area is 103 Å². The summed E-state index contributed by atoms with van der Waals surface area (Å²) >= 11 is 0. The van der Waals surface area contributed by atoms with Crippen LogP contribution in [0.4, 0.5) is 0 Å². The average Bonchev–Trinajstić information content (AvgIpc) is 2.82. The van der Waals surface area contributed by atoms with Gasteiger partial charge in [-0.05, 0) is 12.1 Å². The summed E-state index contributed by atoms with van der Waals surface area (Å²) in [5.41, 5.74) is 1.92. The van der Waals surface area contributed by atoms with Crippen LogP contribution in [0.2, 0.25) is 0 Å². The molecule has 0 radical (unpaired) electrons. The van der Waals surface area contributed by atoms with Crippen molar-refractivity contribution in [3.63, 3.8) is 0 Å². The van der Waals surface area contributed by atoms with E-state index < -0.39 is 0 Å². The van der Waals surface area contributed by atoms with Gasteiger partial charge < -0.3 is 4.42 Å². The van der Waals surface area contributed by atoms with Gasteiger partial charge in [-0.15, -0.1) is 0 Å². The van der Waals surface area contributed by atoms with Crippen molar-refractivity contribution in [2.24, 2.45) is 0 Å². The van der Waals surface area contributed by atoms with Crippen LogP contribution in [-0.4, -0.2) is 0 Å². The summed E-state index contributed by atoms with van der Waals surface area (Å²) in [4.78, 5) is 0. The van der Waals surface area contributed by atoms with E-state index in [1.54, 1.807) is 0 Å². The number of furan rings is 1. The molecule has 0 saturated carbocycles. The van der Waals surface area contributed by atoms with Crippen LogP contribution >= 0.6 is 0 Å². The molecule has 1 nitrogen and oxygen atoms in total. The highest BCUT2D eigenvalue weighted by Crippen LogP contribution is 2.27. The molecule has 1 aromatic heterocycles. The Hall–Kier alpha value is -1.76. The Bertz CT molecular complexity index is 513. The van der Waals surface area contributed by atoms with Crippen LogP contribution in [0.15, 0.2) is 52.9 Å². The zero-order valence-corrected chi connectivity index (χ0v) is 11.0. The Kier molecular flexibility index (Phi) is 5.28. The smallest absolute Gasteiger partial charge is 0.135 e. The van der Waals surface area contributed by atoms with Crippen LogP contribution in [0.25, 0.3) is 21.9 Å². The van der Waals surface area contributed by atoms with E-state index in [4.69, 9.17) is 4.42 Å². The molecule has 2 aromatic carbocycles. The quantitative estimate of drug-likeness (QED) is 0.485. The molecule has 1 heteroatoms. The Morgan fingerprint density at radius 1 is 0.588 bits per heavy atom. The van der Waals surface area contributed by atoms with Crippen molar-refractivity contribution in [2.75, 3.05) is 0 Å². The van der Waals surface area contributed by atoms with E-state index in [0.29, 0.717) is 0 Å². The maximum absolute atomic E-state index is 5.65. The maximum atomic E-state index is 5.65. The molecule has 0 aliphatic heterocycles. The minimum absolute atomic E-state index is 0.962. The zero-order valence-electron chi connectivity index (χ0n) is 11.0. The number of hydrogen-bond donors (Lipinski definition) is 0. The average molecular weight is 228 g/mol. The van der Waals surface area contributed by atoms with Crippen LogP contribution in [0.1, 0.15) is 27.7 Å². The summed E-state index contributed by atoms with van der Waals surface area (Å²) in [5.74, 6) is 0. The van der Waals surface area contributed by atoms with Gasteiger partial charge in [-0.2, -0.15) is 0 Å². The van der Waals surface area contributed by atoms with E-state index in [0.717, 1.165) is 11.2 Å². The lowest BCUT2D eigenvalue weighted by molar-refractivity contribution is 0.669. The minimum atomic E-state index is 0.962. The SMILES string of the molecule is CC.CC.c1ccc2c(c1)oc1ccccc12. The fourth-order valence-electron chi connectivity index (χ4n) is 1.67. The molecule has 3 aromatic rings. The van der Waals surface area contributed by atoms with E-state index in [2.05, 4.69) is 12.1 Å². The van der Waals surface area contributed by atoms with Gasteiger partial charge in [0.05, 0.1) is 0 Å². The topological polar surface area (TPSA) is 13.1 Å². The first kappa shape index (κ1) is 13.3. The third-order valence-electron chi connectivity index (χ3n) is 2.28. The third kappa shape index (κ3) is 2.68. The van der Waals surface area contributed by atoms with Gasteiger partial charge in [-0.25, -0.2) is 0 Å². The number of hydrogen-bond acceptors (Lipinski definition) is 1. The van der Waals surface area contributed by atoms with E-state index in [9.17, 15) is 0 Å². The van der Waals surface area contributed by atoms with Gasteiger partial charge in [0.15, 0.2) is 0 Å². The minimum Gasteiger partial charge on any atom is -0.456 e. The maximum Gasteiger partial charge on any atom is 0.135 e. The van der Waals surface area contributed by atoms with Crippen molar-refractivity contribution in [1.82, 2.24) is 0 Å². The van der Waals surface area contributed by atoms with Crippen molar-refractivity contribution >= 4 is 21.9 Å². The van der Waals surface area contributed by atoms with Gasteiger partial charge in [0.1, 0.15) is 11.2 Å². The molecule has 0 saturated heterocycles.